The minimum Gasteiger partial charge on any atom is -0.488 e. The van der Waals surface area contributed by atoms with E-state index in [-0.39, 0.29) is 18.5 Å². The first-order valence-electron chi connectivity index (χ1n) is 11.8. The lowest BCUT2D eigenvalue weighted by molar-refractivity contribution is 0.240. The lowest BCUT2D eigenvalue weighted by atomic mass is 10.1. The smallest absolute Gasteiger partial charge is 0.383 e. The van der Waals surface area contributed by atoms with Gasteiger partial charge in [-0.15, -0.1) is 0 Å². The van der Waals surface area contributed by atoms with Gasteiger partial charge in [0.2, 0.25) is 5.75 Å². The largest absolute Gasteiger partial charge is 0.488 e. The highest BCUT2D eigenvalue weighted by atomic mass is 16.5. The molecule has 0 atom stereocenters. The summed E-state index contributed by atoms with van der Waals surface area (Å²) in [5, 5.41) is 0.659. The van der Waals surface area contributed by atoms with Gasteiger partial charge in [0.05, 0.1) is 18.1 Å². The molecule has 2 rings (SSSR count). The Morgan fingerprint density at radius 1 is 1.03 bits per heavy atom. The maximum absolute atomic E-state index is 12.9. The van der Waals surface area contributed by atoms with Crippen molar-refractivity contribution in [2.45, 2.75) is 73.3 Å². The lowest BCUT2D eigenvalue weighted by Gasteiger charge is -2.15. The highest BCUT2D eigenvalue weighted by Crippen LogP contribution is 2.37. The summed E-state index contributed by atoms with van der Waals surface area (Å²) in [6.45, 7) is 12.9. The molecule has 0 N–H and O–H groups in total. The summed E-state index contributed by atoms with van der Waals surface area (Å²) in [6, 6.07) is 5.51. The number of benzene rings is 1. The van der Waals surface area contributed by atoms with E-state index in [1.807, 2.05) is 32.1 Å². The van der Waals surface area contributed by atoms with Gasteiger partial charge in [0, 0.05) is 0 Å². The van der Waals surface area contributed by atoms with Crippen LogP contribution in [0.1, 0.15) is 67.2 Å². The van der Waals surface area contributed by atoms with Crippen LogP contribution in [0.3, 0.4) is 0 Å². The first kappa shape index (κ1) is 26.3. The summed E-state index contributed by atoms with van der Waals surface area (Å²) in [5.41, 5.74) is 2.31. The van der Waals surface area contributed by atoms with Gasteiger partial charge in [-0.3, -0.25) is 0 Å². The molecular weight excluding hydrogens is 416 g/mol. The Hall–Kier alpha value is -2.95. The second-order valence-corrected chi connectivity index (χ2v) is 8.55. The molecule has 0 radical (unpaired) electrons. The lowest BCUT2D eigenvalue weighted by Crippen LogP contribution is -2.12. The molecule has 0 saturated heterocycles. The number of hydrogen-bond donors (Lipinski definition) is 0. The van der Waals surface area contributed by atoms with Gasteiger partial charge in [-0.25, -0.2) is 4.79 Å². The molecule has 0 unspecified atom stereocenters. The Bertz CT molecular complexity index is 1040. The number of hydrogen-bond acceptors (Lipinski definition) is 5. The van der Waals surface area contributed by atoms with Crippen molar-refractivity contribution in [3.8, 4) is 17.2 Å². The third-order valence-corrected chi connectivity index (χ3v) is 4.86. The van der Waals surface area contributed by atoms with Crippen molar-refractivity contribution >= 4 is 11.0 Å². The van der Waals surface area contributed by atoms with Crippen molar-refractivity contribution in [1.29, 1.82) is 0 Å². The quantitative estimate of drug-likeness (QED) is 0.179. The fourth-order valence-corrected chi connectivity index (χ4v) is 3.24. The van der Waals surface area contributed by atoms with Crippen molar-refractivity contribution in [2.24, 2.45) is 0 Å². The van der Waals surface area contributed by atoms with Gasteiger partial charge < -0.3 is 18.6 Å². The molecule has 0 aliphatic heterocycles. The van der Waals surface area contributed by atoms with Crippen LogP contribution in [0.4, 0.5) is 0 Å². The third kappa shape index (κ3) is 8.49. The van der Waals surface area contributed by atoms with Gasteiger partial charge in [-0.2, -0.15) is 0 Å². The highest BCUT2D eigenvalue weighted by molar-refractivity contribution is 5.89. The Morgan fingerprint density at radius 2 is 1.82 bits per heavy atom. The van der Waals surface area contributed by atoms with Gasteiger partial charge in [-0.1, -0.05) is 42.4 Å². The van der Waals surface area contributed by atoms with E-state index in [1.54, 1.807) is 6.07 Å². The van der Waals surface area contributed by atoms with Gasteiger partial charge in [-0.05, 0) is 78.5 Å². The molecule has 0 aliphatic rings. The first-order valence-corrected chi connectivity index (χ1v) is 11.8. The van der Waals surface area contributed by atoms with Crippen LogP contribution >= 0.6 is 0 Å². The monoisotopic (exact) mass is 454 g/mol. The van der Waals surface area contributed by atoms with E-state index in [0.717, 1.165) is 25.7 Å². The first-order chi connectivity index (χ1) is 15.8. The van der Waals surface area contributed by atoms with E-state index in [9.17, 15) is 4.79 Å². The fraction of sp³-hybridized carbons (Fsp3) is 0.464. The molecule has 1 aromatic carbocycles. The number of fused-ring (bicyclic) bond motifs is 1. The van der Waals surface area contributed by atoms with Crippen molar-refractivity contribution < 1.29 is 18.6 Å². The Kier molecular flexibility index (Phi) is 10.8. The summed E-state index contributed by atoms with van der Waals surface area (Å²) in [7, 11) is 0. The molecule has 2 aromatic rings. The third-order valence-electron chi connectivity index (χ3n) is 4.86. The maximum atomic E-state index is 12.9. The van der Waals surface area contributed by atoms with Crippen LogP contribution in [0, 0.1) is 0 Å². The van der Waals surface area contributed by atoms with Crippen LogP contribution in [0.25, 0.3) is 11.0 Å². The molecule has 0 fully saturated rings. The van der Waals surface area contributed by atoms with Gasteiger partial charge in [0.15, 0.2) is 17.1 Å². The Morgan fingerprint density at radius 3 is 2.52 bits per heavy atom. The van der Waals surface area contributed by atoms with Crippen LogP contribution in [-0.4, -0.2) is 19.3 Å². The second kappa shape index (κ2) is 13.6. The van der Waals surface area contributed by atoms with E-state index < -0.39 is 5.63 Å². The predicted molar refractivity (Wildman–Crippen MR) is 136 cm³/mol. The summed E-state index contributed by atoms with van der Waals surface area (Å²) >= 11 is 0. The van der Waals surface area contributed by atoms with Crippen LogP contribution < -0.4 is 19.8 Å². The van der Waals surface area contributed by atoms with Crippen molar-refractivity contribution in [3.05, 3.63) is 64.1 Å². The SMILES string of the molecule is CCC=CCCOc1c(OC/C=C(\C)CCC=C(C)C)c(=O)oc2c(OC(C)C)cccc12. The summed E-state index contributed by atoms with van der Waals surface area (Å²) in [4.78, 5) is 12.9. The van der Waals surface area contributed by atoms with E-state index in [4.69, 9.17) is 18.6 Å². The molecule has 180 valence electrons. The van der Waals surface area contributed by atoms with Crippen molar-refractivity contribution in [1.82, 2.24) is 0 Å². The van der Waals surface area contributed by atoms with Crippen LogP contribution in [0.2, 0.25) is 0 Å². The molecule has 0 saturated carbocycles. The van der Waals surface area contributed by atoms with Crippen LogP contribution in [-0.2, 0) is 0 Å². The molecule has 0 amide bonds. The van der Waals surface area contributed by atoms with Gasteiger partial charge in [0.1, 0.15) is 6.61 Å². The summed E-state index contributed by atoms with van der Waals surface area (Å²) in [6.07, 6.45) is 12.0. The van der Waals surface area contributed by atoms with Crippen LogP contribution in [0.15, 0.2) is 62.9 Å². The minimum absolute atomic E-state index is 0.0557. The summed E-state index contributed by atoms with van der Waals surface area (Å²) in [5.74, 6) is 1.00. The average molecular weight is 455 g/mol. The Balaban J connectivity index is 2.33. The van der Waals surface area contributed by atoms with Crippen molar-refractivity contribution in [3.63, 3.8) is 0 Å². The number of rotatable bonds is 13. The zero-order valence-corrected chi connectivity index (χ0v) is 20.9. The molecule has 0 aliphatic carbocycles. The number of para-hydroxylation sites is 1. The van der Waals surface area contributed by atoms with E-state index >= 15 is 0 Å². The highest BCUT2D eigenvalue weighted by Gasteiger charge is 2.20. The summed E-state index contributed by atoms with van der Waals surface area (Å²) < 4.78 is 23.4. The normalized spacial score (nSPS) is 11.9. The maximum Gasteiger partial charge on any atom is 0.383 e. The molecular formula is C28H38O5. The predicted octanol–water partition coefficient (Wildman–Crippen LogP) is 7.39. The van der Waals surface area contributed by atoms with Gasteiger partial charge in [0.25, 0.3) is 0 Å². The number of allylic oxidation sites excluding steroid dienone is 4. The minimum atomic E-state index is -0.572. The molecule has 0 bridgehead atoms. The molecule has 1 aromatic heterocycles. The van der Waals surface area contributed by atoms with E-state index in [0.29, 0.717) is 29.1 Å². The van der Waals surface area contributed by atoms with E-state index in [1.165, 1.54) is 11.1 Å². The average Bonchev–Trinajstić information content (AvgIpc) is 2.75. The zero-order valence-electron chi connectivity index (χ0n) is 20.9. The number of ether oxygens (including phenoxy) is 3. The van der Waals surface area contributed by atoms with Gasteiger partial charge >= 0.3 is 5.63 Å². The molecule has 0 spiro atoms. The Labute approximate surface area is 197 Å². The molecule has 5 nitrogen and oxygen atoms in total. The standard InChI is InChI=1S/C28H38O5/c1-7-8-9-10-18-30-26-23-15-12-16-24(32-21(4)5)25(23)33-28(29)27(26)31-19-17-22(6)14-11-13-20(2)3/h8-9,12-13,15-17,21H,7,10-11,14,18-19H2,1-6H3/b9-8?,22-17+. The topological polar surface area (TPSA) is 57.9 Å². The van der Waals surface area contributed by atoms with E-state index in [2.05, 4.69) is 45.9 Å². The zero-order chi connectivity index (χ0) is 24.2. The second-order valence-electron chi connectivity index (χ2n) is 8.55. The molecule has 33 heavy (non-hydrogen) atoms. The van der Waals surface area contributed by atoms with Crippen molar-refractivity contribution in [2.75, 3.05) is 13.2 Å². The molecule has 1 heterocycles. The van der Waals surface area contributed by atoms with Crippen LogP contribution in [0.5, 0.6) is 17.2 Å². The fourth-order valence-electron chi connectivity index (χ4n) is 3.24. The molecule has 5 heteroatoms.